The number of aryl methyl sites for hydroxylation is 3. The molecule has 2 heterocycles. The molecule has 2 N–H and O–H groups in total. The molecule has 0 radical (unpaired) electrons. The van der Waals surface area contributed by atoms with Crippen LogP contribution in [0.5, 0.6) is 5.75 Å². The summed E-state index contributed by atoms with van der Waals surface area (Å²) in [5, 5.41) is 5.47. The molecule has 0 aliphatic carbocycles. The Hall–Kier alpha value is -1.70. The number of likely N-dealkylation sites (N-methyl/N-ethyl adjacent to an activating group) is 1. The van der Waals surface area contributed by atoms with E-state index in [9.17, 15) is 0 Å². The summed E-state index contributed by atoms with van der Waals surface area (Å²) in [6.07, 6.45) is 2.93. The summed E-state index contributed by atoms with van der Waals surface area (Å²) < 4.78 is 7.56. The minimum absolute atomic E-state index is 0.498. The van der Waals surface area contributed by atoms with Crippen molar-refractivity contribution in [2.75, 3.05) is 51.3 Å². The van der Waals surface area contributed by atoms with Crippen LogP contribution in [0, 0.1) is 6.92 Å². The molecule has 2 aromatic rings. The molecule has 1 aliphatic rings. The normalized spacial score (nSPS) is 15.4. The number of hydrogen-bond acceptors (Lipinski definition) is 6. The number of rotatable bonds is 7. The molecule has 0 atom stereocenters. The quantitative estimate of drug-likeness (QED) is 0.785. The van der Waals surface area contributed by atoms with Crippen molar-refractivity contribution in [3.8, 4) is 5.75 Å². The van der Waals surface area contributed by atoms with Crippen LogP contribution in [0.4, 0.5) is 5.69 Å². The van der Waals surface area contributed by atoms with Crippen LogP contribution in [0.2, 0.25) is 0 Å². The van der Waals surface area contributed by atoms with Gasteiger partial charge >= 0.3 is 0 Å². The van der Waals surface area contributed by atoms with Crippen molar-refractivity contribution in [1.82, 2.24) is 14.7 Å². The number of aromatic nitrogens is 2. The average molecular weight is 390 g/mol. The van der Waals surface area contributed by atoms with Gasteiger partial charge in [0.05, 0.1) is 6.20 Å². The summed E-state index contributed by atoms with van der Waals surface area (Å²) in [7, 11) is 4.11. The van der Waals surface area contributed by atoms with Gasteiger partial charge in [0.15, 0.2) is 10.8 Å². The molecular formula is C20H31N5OS. The number of nitrogens with two attached hydrogens (primary N) is 1. The molecule has 148 valence electrons. The number of hydrogen-bond donors (Lipinski definition) is 1. The molecule has 0 unspecified atom stereocenters. The van der Waals surface area contributed by atoms with Gasteiger partial charge in [-0.1, -0.05) is 18.7 Å². The predicted molar refractivity (Wildman–Crippen MR) is 112 cm³/mol. The average Bonchev–Trinajstić information content (AvgIpc) is 3.01. The maximum Gasteiger partial charge on any atom is 0.171 e. The standard InChI is InChI=1S/C20H31N5OS/c1-5-16-13-19(27-20-18(26-11-6-21)14-24(4)22-20)15(2)12-17(16)25-9-7-23(3)8-10-25/h12-14H,5-11,21H2,1-4H3. The van der Waals surface area contributed by atoms with Gasteiger partial charge in [0, 0.05) is 50.4 Å². The van der Waals surface area contributed by atoms with Crippen LogP contribution < -0.4 is 15.4 Å². The summed E-state index contributed by atoms with van der Waals surface area (Å²) in [5.74, 6) is 0.800. The number of anilines is 1. The van der Waals surface area contributed by atoms with Crippen LogP contribution in [-0.4, -0.2) is 61.1 Å². The first-order valence-corrected chi connectivity index (χ1v) is 10.4. The third-order valence-corrected chi connectivity index (χ3v) is 6.08. The summed E-state index contributed by atoms with van der Waals surface area (Å²) in [6, 6.07) is 4.67. The van der Waals surface area contributed by atoms with E-state index in [-0.39, 0.29) is 0 Å². The van der Waals surface area contributed by atoms with Crippen LogP contribution in [0.3, 0.4) is 0 Å². The smallest absolute Gasteiger partial charge is 0.171 e. The van der Waals surface area contributed by atoms with E-state index in [4.69, 9.17) is 10.5 Å². The number of piperazine rings is 1. The van der Waals surface area contributed by atoms with Crippen molar-refractivity contribution >= 4 is 17.4 Å². The van der Waals surface area contributed by atoms with Crippen molar-refractivity contribution in [2.45, 2.75) is 30.2 Å². The maximum absolute atomic E-state index is 5.76. The monoisotopic (exact) mass is 389 g/mol. The zero-order chi connectivity index (χ0) is 19.4. The summed E-state index contributed by atoms with van der Waals surface area (Å²) >= 11 is 1.67. The molecule has 1 fully saturated rings. The predicted octanol–water partition coefficient (Wildman–Crippen LogP) is 2.53. The minimum Gasteiger partial charge on any atom is -0.488 e. The van der Waals surface area contributed by atoms with Crippen molar-refractivity contribution in [1.29, 1.82) is 0 Å². The van der Waals surface area contributed by atoms with Gasteiger partial charge < -0.3 is 20.3 Å². The first-order valence-electron chi connectivity index (χ1n) is 9.63. The minimum atomic E-state index is 0.498. The lowest BCUT2D eigenvalue weighted by molar-refractivity contribution is 0.312. The molecule has 0 amide bonds. The first kappa shape index (κ1) is 20.0. The van der Waals surface area contributed by atoms with Crippen LogP contribution in [0.15, 0.2) is 28.3 Å². The molecule has 1 aromatic heterocycles. The van der Waals surface area contributed by atoms with Crippen LogP contribution in [0.1, 0.15) is 18.1 Å². The summed E-state index contributed by atoms with van der Waals surface area (Å²) in [4.78, 5) is 6.15. The Kier molecular flexibility index (Phi) is 6.68. The van der Waals surface area contributed by atoms with E-state index in [0.29, 0.717) is 13.2 Å². The molecule has 1 aliphatic heterocycles. The van der Waals surface area contributed by atoms with E-state index >= 15 is 0 Å². The number of benzene rings is 1. The highest BCUT2D eigenvalue weighted by molar-refractivity contribution is 7.99. The largest absolute Gasteiger partial charge is 0.488 e. The van der Waals surface area contributed by atoms with Gasteiger partial charge in [0.2, 0.25) is 0 Å². The highest BCUT2D eigenvalue weighted by Crippen LogP contribution is 2.38. The first-order chi connectivity index (χ1) is 13.0. The lowest BCUT2D eigenvalue weighted by Crippen LogP contribution is -2.44. The zero-order valence-electron chi connectivity index (χ0n) is 16.9. The van der Waals surface area contributed by atoms with E-state index in [2.05, 4.69) is 47.9 Å². The van der Waals surface area contributed by atoms with Gasteiger partial charge in [-0.25, -0.2) is 0 Å². The van der Waals surface area contributed by atoms with Gasteiger partial charge in [0.25, 0.3) is 0 Å². The van der Waals surface area contributed by atoms with Gasteiger partial charge in [-0.3, -0.25) is 4.68 Å². The SMILES string of the molecule is CCc1cc(Sc2nn(C)cc2OCCN)c(C)cc1N1CCN(C)CC1. The van der Waals surface area contributed by atoms with Gasteiger partial charge in [-0.05, 0) is 43.7 Å². The highest BCUT2D eigenvalue weighted by Gasteiger charge is 2.19. The molecule has 1 saturated heterocycles. The Morgan fingerprint density at radius 1 is 1.19 bits per heavy atom. The molecule has 6 nitrogen and oxygen atoms in total. The molecule has 0 saturated carbocycles. The Morgan fingerprint density at radius 2 is 1.93 bits per heavy atom. The van der Waals surface area contributed by atoms with E-state index in [0.717, 1.165) is 43.4 Å². The third kappa shape index (κ3) is 4.78. The Labute approximate surface area is 166 Å². The Bertz CT molecular complexity index is 768. The van der Waals surface area contributed by atoms with Crippen LogP contribution in [-0.2, 0) is 13.5 Å². The van der Waals surface area contributed by atoms with Crippen molar-refractivity contribution < 1.29 is 4.74 Å². The number of ether oxygens (including phenoxy) is 1. The lowest BCUT2D eigenvalue weighted by Gasteiger charge is -2.35. The fraction of sp³-hybridized carbons (Fsp3) is 0.550. The molecule has 0 spiro atoms. The van der Waals surface area contributed by atoms with Gasteiger partial charge in [-0.15, -0.1) is 0 Å². The molecule has 7 heteroatoms. The molecular weight excluding hydrogens is 358 g/mol. The van der Waals surface area contributed by atoms with Crippen LogP contribution >= 0.6 is 11.8 Å². The fourth-order valence-electron chi connectivity index (χ4n) is 3.34. The van der Waals surface area contributed by atoms with Crippen LogP contribution in [0.25, 0.3) is 0 Å². The van der Waals surface area contributed by atoms with E-state index < -0.39 is 0 Å². The highest BCUT2D eigenvalue weighted by atomic mass is 32.2. The zero-order valence-corrected chi connectivity index (χ0v) is 17.7. The second-order valence-electron chi connectivity index (χ2n) is 7.10. The lowest BCUT2D eigenvalue weighted by atomic mass is 10.1. The van der Waals surface area contributed by atoms with E-state index in [1.165, 1.54) is 21.7 Å². The second kappa shape index (κ2) is 8.99. The number of nitrogens with zero attached hydrogens (tertiary/aromatic N) is 4. The summed E-state index contributed by atoms with van der Waals surface area (Å²) in [6.45, 7) is 9.83. The van der Waals surface area contributed by atoms with Crippen molar-refractivity contribution in [3.63, 3.8) is 0 Å². The van der Waals surface area contributed by atoms with Gasteiger partial charge in [0.1, 0.15) is 6.61 Å². The third-order valence-electron chi connectivity index (χ3n) is 4.95. The van der Waals surface area contributed by atoms with Crippen molar-refractivity contribution in [3.05, 3.63) is 29.5 Å². The molecule has 0 bridgehead atoms. The maximum atomic E-state index is 5.76. The van der Waals surface area contributed by atoms with Crippen molar-refractivity contribution in [2.24, 2.45) is 12.8 Å². The fourth-order valence-corrected chi connectivity index (χ4v) is 4.35. The summed E-state index contributed by atoms with van der Waals surface area (Å²) in [5.41, 5.74) is 9.64. The Balaban J connectivity index is 1.85. The topological polar surface area (TPSA) is 59.6 Å². The van der Waals surface area contributed by atoms with E-state index in [1.54, 1.807) is 16.4 Å². The Morgan fingerprint density at radius 3 is 2.59 bits per heavy atom. The molecule has 3 rings (SSSR count). The van der Waals surface area contributed by atoms with Gasteiger partial charge in [-0.2, -0.15) is 5.10 Å². The molecule has 1 aromatic carbocycles. The second-order valence-corrected chi connectivity index (χ2v) is 8.13. The van der Waals surface area contributed by atoms with E-state index in [1.807, 2.05) is 13.2 Å². The molecule has 27 heavy (non-hydrogen) atoms.